The molecule has 0 spiro atoms. The Morgan fingerprint density at radius 3 is 2.38 bits per heavy atom. The van der Waals surface area contributed by atoms with E-state index in [1.54, 1.807) is 0 Å². The summed E-state index contributed by atoms with van der Waals surface area (Å²) in [5.41, 5.74) is 0.277. The van der Waals surface area contributed by atoms with Gasteiger partial charge in [0.2, 0.25) is 0 Å². The van der Waals surface area contributed by atoms with Crippen molar-refractivity contribution in [1.29, 1.82) is 0 Å². The molecule has 1 aliphatic carbocycles. The molecule has 0 radical (unpaired) electrons. The second kappa shape index (κ2) is 7.62. The third-order valence-electron chi connectivity index (χ3n) is 5.73. The Kier molecular flexibility index (Phi) is 5.99. The number of hydrogen-bond donors (Lipinski definition) is 0. The van der Waals surface area contributed by atoms with E-state index in [0.29, 0.717) is 5.92 Å². The zero-order chi connectivity index (χ0) is 17.9. The highest BCUT2D eigenvalue weighted by Crippen LogP contribution is 2.52. The summed E-state index contributed by atoms with van der Waals surface area (Å²) >= 11 is 0. The Morgan fingerprint density at radius 2 is 1.88 bits per heavy atom. The van der Waals surface area contributed by atoms with Crippen molar-refractivity contribution in [1.82, 2.24) is 0 Å². The summed E-state index contributed by atoms with van der Waals surface area (Å²) in [6.45, 7) is 6.85. The minimum Gasteiger partial charge on any atom is -0.467 e. The quantitative estimate of drug-likeness (QED) is 0.450. The maximum Gasteiger partial charge on any atom is 0.335 e. The van der Waals surface area contributed by atoms with Crippen molar-refractivity contribution in [2.75, 3.05) is 14.2 Å². The highest BCUT2D eigenvalue weighted by molar-refractivity contribution is 6.91. The highest BCUT2D eigenvalue weighted by atomic mass is 28.3. The fraction of sp³-hybridized carbons (Fsp3) is 0.579. The molecule has 132 valence electrons. The normalized spacial score (nSPS) is 28.4. The number of carbonyl (C=O) groups is 2. The molecule has 1 fully saturated rings. The molecule has 24 heavy (non-hydrogen) atoms. The molecular weight excluding hydrogens is 320 g/mol. The maximum atomic E-state index is 12.3. The van der Waals surface area contributed by atoms with Gasteiger partial charge < -0.3 is 14.3 Å². The zero-order valence-electron chi connectivity index (χ0n) is 15.2. The van der Waals surface area contributed by atoms with Gasteiger partial charge >= 0.3 is 5.97 Å². The van der Waals surface area contributed by atoms with Crippen molar-refractivity contribution in [3.63, 3.8) is 0 Å². The van der Waals surface area contributed by atoms with Gasteiger partial charge in [0.1, 0.15) is 6.29 Å². The molecule has 1 aromatic rings. The van der Waals surface area contributed by atoms with Gasteiger partial charge in [-0.05, 0) is 17.9 Å². The molecule has 0 aromatic heterocycles. The molecule has 5 atom stereocenters. The Balaban J connectivity index is 2.47. The molecule has 0 saturated heterocycles. The minimum absolute atomic E-state index is 0.128. The van der Waals surface area contributed by atoms with Crippen LogP contribution in [0.5, 0.6) is 0 Å². The Bertz CT molecular complexity index is 572. The van der Waals surface area contributed by atoms with E-state index in [-0.39, 0.29) is 23.3 Å². The van der Waals surface area contributed by atoms with Gasteiger partial charge in [0.05, 0.1) is 15.2 Å². The number of rotatable bonds is 6. The first-order valence-electron chi connectivity index (χ1n) is 8.49. The second-order valence-corrected chi connectivity index (χ2v) is 12.1. The average molecular weight is 349 g/mol. The van der Waals surface area contributed by atoms with E-state index in [1.165, 1.54) is 19.4 Å². The van der Waals surface area contributed by atoms with Gasteiger partial charge in [-0.1, -0.05) is 55.5 Å². The van der Waals surface area contributed by atoms with Crippen LogP contribution in [-0.4, -0.2) is 40.7 Å². The van der Waals surface area contributed by atoms with Crippen molar-refractivity contribution in [3.8, 4) is 0 Å². The standard InChI is InChI=1S/C19H28O4Si/c1-13-11-14(12-20)16(17(22-2)19(21)23-3)18(13)24(4,5)15-9-7-6-8-10-15/h6-10,12-14,16-18H,11H2,1-5H3/t13-,14-,16-,17+,18+/m1/s1. The Labute approximate surface area is 145 Å². The predicted molar refractivity (Wildman–Crippen MR) is 96.9 cm³/mol. The van der Waals surface area contributed by atoms with Crippen LogP contribution in [0.1, 0.15) is 13.3 Å². The molecule has 1 aromatic carbocycles. The number of aldehydes is 1. The van der Waals surface area contributed by atoms with Gasteiger partial charge in [-0.15, -0.1) is 0 Å². The van der Waals surface area contributed by atoms with E-state index in [9.17, 15) is 9.59 Å². The SMILES string of the molecule is COC(=O)[C@@H](OC)[C@@H]1[C@@H]([Si](C)(C)c2ccccc2)[C@H](C)C[C@@H]1C=O. The fourth-order valence-electron chi connectivity index (χ4n) is 4.72. The molecule has 2 rings (SSSR count). The number of carbonyl (C=O) groups excluding carboxylic acids is 2. The topological polar surface area (TPSA) is 52.6 Å². The molecule has 0 unspecified atom stereocenters. The van der Waals surface area contributed by atoms with Gasteiger partial charge in [0.25, 0.3) is 0 Å². The lowest BCUT2D eigenvalue weighted by Crippen LogP contribution is -2.52. The van der Waals surface area contributed by atoms with Gasteiger partial charge in [0, 0.05) is 18.9 Å². The van der Waals surface area contributed by atoms with Crippen molar-refractivity contribution < 1.29 is 19.1 Å². The predicted octanol–water partition coefficient (Wildman–Crippen LogP) is 2.63. The molecule has 1 saturated carbocycles. The highest BCUT2D eigenvalue weighted by Gasteiger charge is 2.54. The van der Waals surface area contributed by atoms with Crippen LogP contribution >= 0.6 is 0 Å². The van der Waals surface area contributed by atoms with E-state index < -0.39 is 14.2 Å². The smallest absolute Gasteiger partial charge is 0.335 e. The van der Waals surface area contributed by atoms with E-state index in [0.717, 1.165) is 12.7 Å². The van der Waals surface area contributed by atoms with Gasteiger partial charge in [-0.2, -0.15) is 0 Å². The minimum atomic E-state index is -1.91. The summed E-state index contributed by atoms with van der Waals surface area (Å²) in [6, 6.07) is 10.5. The van der Waals surface area contributed by atoms with Crippen molar-refractivity contribution >= 4 is 25.5 Å². The van der Waals surface area contributed by atoms with Gasteiger partial charge in [-0.25, -0.2) is 4.79 Å². The number of esters is 1. The summed E-state index contributed by atoms with van der Waals surface area (Å²) in [5, 5.41) is 1.35. The third kappa shape index (κ3) is 3.33. The second-order valence-electron chi connectivity index (χ2n) is 7.38. The summed E-state index contributed by atoms with van der Waals surface area (Å²) in [7, 11) is 0.986. The van der Waals surface area contributed by atoms with Crippen molar-refractivity contribution in [2.45, 2.75) is 38.1 Å². The Morgan fingerprint density at radius 1 is 1.25 bits per heavy atom. The van der Waals surface area contributed by atoms with E-state index in [1.807, 2.05) is 6.07 Å². The van der Waals surface area contributed by atoms with Crippen LogP contribution in [0.25, 0.3) is 0 Å². The molecule has 0 N–H and O–H groups in total. The Hall–Kier alpha value is -1.46. The van der Waals surface area contributed by atoms with Crippen LogP contribution < -0.4 is 5.19 Å². The number of benzene rings is 1. The fourth-order valence-corrected chi connectivity index (χ4v) is 9.10. The first-order valence-corrected chi connectivity index (χ1v) is 11.6. The van der Waals surface area contributed by atoms with Gasteiger partial charge in [0.15, 0.2) is 6.10 Å². The lowest BCUT2D eigenvalue weighted by atomic mass is 9.91. The molecule has 1 aliphatic rings. The summed E-state index contributed by atoms with van der Waals surface area (Å²) in [6.07, 6.45) is 1.13. The molecule has 4 nitrogen and oxygen atoms in total. The van der Waals surface area contributed by atoms with E-state index in [2.05, 4.69) is 44.3 Å². The molecular formula is C19H28O4Si. The summed E-state index contributed by atoms with van der Waals surface area (Å²) in [4.78, 5) is 24.0. The van der Waals surface area contributed by atoms with E-state index >= 15 is 0 Å². The third-order valence-corrected chi connectivity index (χ3v) is 10.2. The lowest BCUT2D eigenvalue weighted by Gasteiger charge is -2.39. The number of ether oxygens (including phenoxy) is 2. The van der Waals surface area contributed by atoms with Crippen LogP contribution in [0.15, 0.2) is 30.3 Å². The van der Waals surface area contributed by atoms with Crippen LogP contribution in [0.2, 0.25) is 18.6 Å². The monoisotopic (exact) mass is 348 g/mol. The zero-order valence-corrected chi connectivity index (χ0v) is 16.2. The van der Waals surface area contributed by atoms with Crippen molar-refractivity contribution in [2.24, 2.45) is 17.8 Å². The molecule has 5 heteroatoms. The van der Waals surface area contributed by atoms with Crippen molar-refractivity contribution in [3.05, 3.63) is 30.3 Å². The van der Waals surface area contributed by atoms with Gasteiger partial charge in [-0.3, -0.25) is 0 Å². The summed E-state index contributed by atoms with van der Waals surface area (Å²) < 4.78 is 10.5. The van der Waals surface area contributed by atoms with Crippen LogP contribution in [0.4, 0.5) is 0 Å². The summed E-state index contributed by atoms with van der Waals surface area (Å²) in [5.74, 6) is -0.304. The number of methoxy groups -OCH3 is 2. The molecule has 0 amide bonds. The maximum absolute atomic E-state index is 12.3. The molecule has 0 heterocycles. The first-order chi connectivity index (χ1) is 11.4. The van der Waals surface area contributed by atoms with Crippen LogP contribution in [0.3, 0.4) is 0 Å². The van der Waals surface area contributed by atoms with E-state index in [4.69, 9.17) is 9.47 Å². The lowest BCUT2D eigenvalue weighted by molar-refractivity contribution is -0.156. The molecule has 0 bridgehead atoms. The largest absolute Gasteiger partial charge is 0.467 e. The van der Waals surface area contributed by atoms with Crippen LogP contribution in [0, 0.1) is 17.8 Å². The molecule has 0 aliphatic heterocycles. The average Bonchev–Trinajstić information content (AvgIpc) is 2.93. The van der Waals surface area contributed by atoms with Crippen LogP contribution in [-0.2, 0) is 19.1 Å². The number of hydrogen-bond acceptors (Lipinski definition) is 4. The first kappa shape index (κ1) is 18.9.